The Kier molecular flexibility index (Phi) is 2.71. The van der Waals surface area contributed by atoms with Crippen molar-refractivity contribution < 1.29 is 4.65 Å². The van der Waals surface area contributed by atoms with E-state index in [1.54, 1.807) is 24.7 Å². The maximum atomic E-state index is 5.10. The zero-order chi connectivity index (χ0) is 10.5. The van der Waals surface area contributed by atoms with Crippen LogP contribution in [-0.2, 0) is 4.65 Å². The van der Waals surface area contributed by atoms with E-state index in [0.717, 1.165) is 0 Å². The minimum Gasteiger partial charge on any atom is -0.554 e. The summed E-state index contributed by atoms with van der Waals surface area (Å²) in [6, 6.07) is 1.74. The highest BCUT2D eigenvalue weighted by Crippen LogP contribution is 2.14. The van der Waals surface area contributed by atoms with E-state index < -0.39 is 0 Å². The highest BCUT2D eigenvalue weighted by Gasteiger charge is 2.10. The van der Waals surface area contributed by atoms with Crippen LogP contribution in [0, 0.1) is 0 Å². The molecule has 2 heterocycles. The third kappa shape index (κ3) is 2.00. The Balaban J connectivity index is 2.52. The van der Waals surface area contributed by atoms with E-state index in [0.29, 0.717) is 17.3 Å². The third-order valence-corrected chi connectivity index (χ3v) is 1.73. The molecule has 0 atom stereocenters. The van der Waals surface area contributed by atoms with Crippen molar-refractivity contribution >= 4 is 25.7 Å². The molecule has 0 unspecified atom stereocenters. The Morgan fingerprint density at radius 2 is 2.07 bits per heavy atom. The van der Waals surface area contributed by atoms with Gasteiger partial charge in [0.2, 0.25) is 5.88 Å². The van der Waals surface area contributed by atoms with Crippen molar-refractivity contribution in [1.29, 1.82) is 0 Å². The van der Waals surface area contributed by atoms with Gasteiger partial charge in [0.1, 0.15) is 0 Å². The van der Waals surface area contributed by atoms with Gasteiger partial charge >= 0.3 is 8.05 Å². The fraction of sp³-hybridized carbons (Fsp3) is 0. The summed E-state index contributed by atoms with van der Waals surface area (Å²) in [4.78, 5) is 16.1. The average Bonchev–Trinajstić information content (AvgIpc) is 2.55. The predicted molar refractivity (Wildman–Crippen MR) is 59.1 cm³/mol. The first-order valence-electron chi connectivity index (χ1n) is 4.28. The Labute approximate surface area is 87.4 Å². The van der Waals surface area contributed by atoms with Crippen molar-refractivity contribution in [3.05, 3.63) is 36.4 Å². The molecular formula is C9H7BN4O. The van der Waals surface area contributed by atoms with Gasteiger partial charge in [-0.2, -0.15) is 4.99 Å². The Hall–Kier alpha value is -2.20. The summed E-state index contributed by atoms with van der Waals surface area (Å²) in [6.45, 7) is 0. The Bertz CT molecular complexity index is 474. The first-order chi connectivity index (χ1) is 7.42. The molecular weight excluding hydrogens is 191 g/mol. The summed E-state index contributed by atoms with van der Waals surface area (Å²) < 4.78 is 5.10. The van der Waals surface area contributed by atoms with Crippen LogP contribution in [0.1, 0.15) is 5.82 Å². The SMILES string of the molecule is BOC1=C(c2ncccn2)C=NC=C=N1. The second-order valence-electron chi connectivity index (χ2n) is 2.64. The number of aliphatic imine (C=N–C) groups is 2. The molecule has 1 aliphatic heterocycles. The van der Waals surface area contributed by atoms with Gasteiger partial charge in [-0.3, -0.25) is 4.99 Å². The van der Waals surface area contributed by atoms with Gasteiger partial charge in [-0.25, -0.2) is 9.97 Å². The minimum atomic E-state index is 0.402. The molecule has 15 heavy (non-hydrogen) atoms. The van der Waals surface area contributed by atoms with E-state index in [2.05, 4.69) is 25.8 Å². The van der Waals surface area contributed by atoms with Crippen LogP contribution in [0.4, 0.5) is 0 Å². The summed E-state index contributed by atoms with van der Waals surface area (Å²) in [5.41, 5.74) is 0.638. The van der Waals surface area contributed by atoms with Crippen molar-refractivity contribution in [2.45, 2.75) is 0 Å². The van der Waals surface area contributed by atoms with Crippen LogP contribution in [0.2, 0.25) is 0 Å². The van der Waals surface area contributed by atoms with Gasteiger partial charge in [-0.1, -0.05) is 0 Å². The van der Waals surface area contributed by atoms with Gasteiger partial charge in [0.05, 0.1) is 11.8 Å². The molecule has 0 saturated carbocycles. The van der Waals surface area contributed by atoms with E-state index in [4.69, 9.17) is 4.65 Å². The lowest BCUT2D eigenvalue weighted by atomic mass is 10.2. The number of allylic oxidation sites excluding steroid dienone is 1. The topological polar surface area (TPSA) is 59.7 Å². The molecule has 0 saturated heterocycles. The minimum absolute atomic E-state index is 0.402. The van der Waals surface area contributed by atoms with Gasteiger partial charge in [0.25, 0.3) is 0 Å². The molecule has 1 aromatic rings. The number of nitrogens with zero attached hydrogens (tertiary/aromatic N) is 4. The lowest BCUT2D eigenvalue weighted by molar-refractivity contribution is 0.469. The average molecular weight is 198 g/mol. The number of aromatic nitrogens is 2. The summed E-state index contributed by atoms with van der Waals surface area (Å²) in [5, 5.41) is 0. The Morgan fingerprint density at radius 1 is 1.27 bits per heavy atom. The van der Waals surface area contributed by atoms with E-state index >= 15 is 0 Å². The van der Waals surface area contributed by atoms with Gasteiger partial charge < -0.3 is 4.65 Å². The van der Waals surface area contributed by atoms with Crippen LogP contribution < -0.4 is 0 Å². The van der Waals surface area contributed by atoms with Crippen LogP contribution >= 0.6 is 0 Å². The molecule has 1 aromatic heterocycles. The van der Waals surface area contributed by atoms with Crippen molar-refractivity contribution in [3.63, 3.8) is 0 Å². The van der Waals surface area contributed by atoms with Gasteiger partial charge in [0, 0.05) is 24.5 Å². The Morgan fingerprint density at radius 3 is 2.80 bits per heavy atom. The maximum Gasteiger partial charge on any atom is 0.324 e. The highest BCUT2D eigenvalue weighted by molar-refractivity contribution is 6.11. The molecule has 72 valence electrons. The van der Waals surface area contributed by atoms with Crippen molar-refractivity contribution in [2.24, 2.45) is 9.98 Å². The van der Waals surface area contributed by atoms with Crippen LogP contribution in [0.5, 0.6) is 0 Å². The standard InChI is InChI=1S/C9H7BN4O/c10-15-9-7(6-11-4-5-14-9)8-12-2-1-3-13-8/h1-4,6H,10H2. The molecule has 0 aromatic carbocycles. The van der Waals surface area contributed by atoms with Gasteiger partial charge in [-0.05, 0) is 6.07 Å². The summed E-state index contributed by atoms with van der Waals surface area (Å²) in [7, 11) is 1.53. The van der Waals surface area contributed by atoms with E-state index in [1.165, 1.54) is 14.2 Å². The molecule has 0 spiro atoms. The molecule has 0 radical (unpaired) electrons. The zero-order valence-electron chi connectivity index (χ0n) is 8.08. The second kappa shape index (κ2) is 4.35. The molecule has 6 heteroatoms. The fourth-order valence-electron chi connectivity index (χ4n) is 1.10. The summed E-state index contributed by atoms with van der Waals surface area (Å²) in [5.74, 6) is 3.54. The van der Waals surface area contributed by atoms with Crippen molar-refractivity contribution in [1.82, 2.24) is 9.97 Å². The first-order valence-corrected chi connectivity index (χ1v) is 4.28. The first kappa shape index (κ1) is 9.36. The number of rotatable bonds is 2. The van der Waals surface area contributed by atoms with Crippen molar-refractivity contribution in [2.75, 3.05) is 0 Å². The molecule has 0 aliphatic carbocycles. The number of hydrogen-bond donors (Lipinski definition) is 0. The summed E-state index contributed by atoms with van der Waals surface area (Å²) in [6.07, 6.45) is 6.35. The lowest BCUT2D eigenvalue weighted by Gasteiger charge is -2.03. The largest absolute Gasteiger partial charge is 0.554 e. The third-order valence-electron chi connectivity index (χ3n) is 1.73. The second-order valence-corrected chi connectivity index (χ2v) is 2.64. The quantitative estimate of drug-likeness (QED) is 0.627. The highest BCUT2D eigenvalue weighted by atomic mass is 16.4. The molecule has 0 amide bonds. The van der Waals surface area contributed by atoms with Crippen LogP contribution in [0.25, 0.3) is 5.57 Å². The van der Waals surface area contributed by atoms with E-state index in [9.17, 15) is 0 Å². The molecule has 0 N–H and O–H groups in total. The molecule has 5 nitrogen and oxygen atoms in total. The normalized spacial score (nSPS) is 14.1. The van der Waals surface area contributed by atoms with Crippen LogP contribution in [0.3, 0.4) is 0 Å². The monoisotopic (exact) mass is 198 g/mol. The number of hydrogen-bond acceptors (Lipinski definition) is 5. The lowest BCUT2D eigenvalue weighted by Crippen LogP contribution is -1.98. The molecule has 1 aliphatic rings. The molecule has 0 bridgehead atoms. The van der Waals surface area contributed by atoms with Crippen molar-refractivity contribution in [3.8, 4) is 0 Å². The fourth-order valence-corrected chi connectivity index (χ4v) is 1.10. The van der Waals surface area contributed by atoms with Gasteiger partial charge in [0.15, 0.2) is 5.82 Å². The zero-order valence-corrected chi connectivity index (χ0v) is 8.08. The maximum absolute atomic E-state index is 5.10. The molecule has 0 fully saturated rings. The molecule has 2 rings (SSSR count). The summed E-state index contributed by atoms with van der Waals surface area (Å²) >= 11 is 0. The van der Waals surface area contributed by atoms with E-state index in [-0.39, 0.29) is 0 Å². The smallest absolute Gasteiger partial charge is 0.324 e. The predicted octanol–water partition coefficient (Wildman–Crippen LogP) is -0.0223. The van der Waals surface area contributed by atoms with Crippen LogP contribution in [-0.4, -0.2) is 30.1 Å². The van der Waals surface area contributed by atoms with Crippen LogP contribution in [0.15, 0.2) is 40.5 Å². The van der Waals surface area contributed by atoms with Gasteiger partial charge in [-0.15, -0.1) is 0 Å². The van der Waals surface area contributed by atoms with E-state index in [1.807, 2.05) is 0 Å².